The summed E-state index contributed by atoms with van der Waals surface area (Å²) in [4.78, 5) is 10.8. The van der Waals surface area contributed by atoms with Crippen LogP contribution >= 0.6 is 11.8 Å². The number of nitrogens with zero attached hydrogens (tertiary/aromatic N) is 2. The first-order chi connectivity index (χ1) is 10.5. The van der Waals surface area contributed by atoms with Crippen molar-refractivity contribution >= 4 is 27.5 Å². The molecule has 0 radical (unpaired) electrons. The molecule has 8 nitrogen and oxygen atoms in total. The highest BCUT2D eigenvalue weighted by Crippen LogP contribution is 2.32. The van der Waals surface area contributed by atoms with Crippen LogP contribution in [-0.2, 0) is 14.8 Å². The smallest absolute Gasteiger partial charge is 0.284 e. The van der Waals surface area contributed by atoms with Crippen molar-refractivity contribution in [2.75, 3.05) is 38.7 Å². The lowest BCUT2D eigenvalue weighted by atomic mass is 10.3. The van der Waals surface area contributed by atoms with E-state index < -0.39 is 14.9 Å². The SMILES string of the molecule is O=[N+]([O-])c1cc(S(=O)(=O)N2CCOCC2)ccc1SCCO. The van der Waals surface area contributed by atoms with E-state index in [1.807, 2.05) is 0 Å². The zero-order chi connectivity index (χ0) is 16.2. The highest BCUT2D eigenvalue weighted by atomic mass is 32.2. The molecular formula is C12H16N2O6S2. The Morgan fingerprint density at radius 3 is 2.64 bits per heavy atom. The van der Waals surface area contributed by atoms with Crippen LogP contribution in [0.4, 0.5) is 5.69 Å². The zero-order valence-corrected chi connectivity index (χ0v) is 13.3. The van der Waals surface area contributed by atoms with Gasteiger partial charge in [0.15, 0.2) is 0 Å². The van der Waals surface area contributed by atoms with Crippen molar-refractivity contribution < 1.29 is 23.2 Å². The zero-order valence-electron chi connectivity index (χ0n) is 11.7. The van der Waals surface area contributed by atoms with Crippen molar-refractivity contribution in [3.8, 4) is 0 Å². The van der Waals surface area contributed by atoms with Crippen molar-refractivity contribution in [3.05, 3.63) is 28.3 Å². The van der Waals surface area contributed by atoms with Crippen LogP contribution < -0.4 is 0 Å². The van der Waals surface area contributed by atoms with Gasteiger partial charge in [-0.25, -0.2) is 8.42 Å². The molecule has 0 amide bonds. The van der Waals surface area contributed by atoms with Gasteiger partial charge in [-0.1, -0.05) is 0 Å². The fourth-order valence-corrected chi connectivity index (χ4v) is 4.20. The molecule has 0 aromatic heterocycles. The summed E-state index contributed by atoms with van der Waals surface area (Å²) in [6, 6.07) is 3.84. The largest absolute Gasteiger partial charge is 0.396 e. The molecule has 0 spiro atoms. The van der Waals surface area contributed by atoms with Crippen LogP contribution in [0.25, 0.3) is 0 Å². The lowest BCUT2D eigenvalue weighted by molar-refractivity contribution is -0.388. The van der Waals surface area contributed by atoms with Gasteiger partial charge in [-0.2, -0.15) is 4.31 Å². The summed E-state index contributed by atoms with van der Waals surface area (Å²) in [5.74, 6) is 0.302. The second-order valence-electron chi connectivity index (χ2n) is 4.48. The number of benzene rings is 1. The standard InChI is InChI=1S/C12H16N2O6S2/c15-5-8-21-12-2-1-10(9-11(12)14(16)17)22(18,19)13-3-6-20-7-4-13/h1-2,9,15H,3-8H2. The number of aliphatic hydroxyl groups is 1. The molecule has 22 heavy (non-hydrogen) atoms. The number of aliphatic hydroxyl groups excluding tert-OH is 1. The van der Waals surface area contributed by atoms with E-state index in [4.69, 9.17) is 9.84 Å². The molecule has 0 saturated carbocycles. The highest BCUT2D eigenvalue weighted by molar-refractivity contribution is 7.99. The molecule has 1 aromatic rings. The van der Waals surface area contributed by atoms with E-state index in [9.17, 15) is 18.5 Å². The lowest BCUT2D eigenvalue weighted by Crippen LogP contribution is -2.40. The summed E-state index contributed by atoms with van der Waals surface area (Å²) < 4.78 is 31.4. The van der Waals surface area contributed by atoms with Crippen LogP contribution in [0.5, 0.6) is 0 Å². The van der Waals surface area contributed by atoms with Gasteiger partial charge in [0, 0.05) is 24.9 Å². The number of hydrogen-bond donors (Lipinski definition) is 1. The van der Waals surface area contributed by atoms with Gasteiger partial charge in [0.25, 0.3) is 5.69 Å². The number of morpholine rings is 1. The number of rotatable bonds is 6. The molecule has 0 unspecified atom stereocenters. The molecule has 1 heterocycles. The Morgan fingerprint density at radius 1 is 1.36 bits per heavy atom. The summed E-state index contributed by atoms with van der Waals surface area (Å²) in [5, 5.41) is 19.9. The molecule has 1 N–H and O–H groups in total. The van der Waals surface area contributed by atoms with Gasteiger partial charge >= 0.3 is 0 Å². The fourth-order valence-electron chi connectivity index (χ4n) is 2.01. The molecule has 1 fully saturated rings. The molecule has 2 rings (SSSR count). The van der Waals surface area contributed by atoms with Crippen molar-refractivity contribution in [1.29, 1.82) is 0 Å². The Hall–Kier alpha value is -1.20. The van der Waals surface area contributed by atoms with E-state index in [1.54, 1.807) is 0 Å². The summed E-state index contributed by atoms with van der Waals surface area (Å²) >= 11 is 1.11. The molecule has 1 aliphatic rings. The first-order valence-electron chi connectivity index (χ1n) is 6.57. The van der Waals surface area contributed by atoms with Gasteiger partial charge in [0.2, 0.25) is 10.0 Å². The van der Waals surface area contributed by atoms with Crippen LogP contribution in [0, 0.1) is 10.1 Å². The molecular weight excluding hydrogens is 332 g/mol. The van der Waals surface area contributed by atoms with E-state index in [-0.39, 0.29) is 30.3 Å². The normalized spacial score (nSPS) is 16.6. The third kappa shape index (κ3) is 3.76. The number of ether oxygens (including phenoxy) is 1. The summed E-state index contributed by atoms with van der Waals surface area (Å²) in [7, 11) is -3.77. The molecule has 0 atom stereocenters. The Morgan fingerprint density at radius 2 is 2.05 bits per heavy atom. The molecule has 0 bridgehead atoms. The number of thioether (sulfide) groups is 1. The number of nitro groups is 1. The van der Waals surface area contributed by atoms with Crippen LogP contribution in [0.3, 0.4) is 0 Å². The van der Waals surface area contributed by atoms with E-state index in [1.165, 1.54) is 16.4 Å². The number of hydrogen-bond acceptors (Lipinski definition) is 7. The quantitative estimate of drug-likeness (QED) is 0.458. The molecule has 1 aliphatic heterocycles. The third-order valence-corrected chi connectivity index (χ3v) is 6.02. The Labute approximate surface area is 132 Å². The van der Waals surface area contributed by atoms with Gasteiger partial charge in [-0.05, 0) is 12.1 Å². The summed E-state index contributed by atoms with van der Waals surface area (Å²) in [5.41, 5.74) is -0.271. The van der Waals surface area contributed by atoms with Gasteiger partial charge in [-0.15, -0.1) is 11.8 Å². The monoisotopic (exact) mass is 348 g/mol. The average molecular weight is 348 g/mol. The Balaban J connectivity index is 2.35. The second kappa shape index (κ2) is 7.38. The topological polar surface area (TPSA) is 110 Å². The minimum atomic E-state index is -3.77. The predicted molar refractivity (Wildman–Crippen MR) is 80.5 cm³/mol. The van der Waals surface area contributed by atoms with Crippen LogP contribution in [-0.4, -0.2) is 61.4 Å². The number of sulfonamides is 1. The van der Waals surface area contributed by atoms with Crippen molar-refractivity contribution in [2.45, 2.75) is 9.79 Å². The van der Waals surface area contributed by atoms with Crippen molar-refractivity contribution in [1.82, 2.24) is 4.31 Å². The van der Waals surface area contributed by atoms with Crippen molar-refractivity contribution in [3.63, 3.8) is 0 Å². The number of nitro benzene ring substituents is 1. The Bertz CT molecular complexity index is 643. The van der Waals surface area contributed by atoms with Crippen LogP contribution in [0.15, 0.2) is 28.0 Å². The van der Waals surface area contributed by atoms with E-state index in [0.29, 0.717) is 23.9 Å². The fraction of sp³-hybridized carbons (Fsp3) is 0.500. The first kappa shape index (κ1) is 17.2. The molecule has 1 aromatic carbocycles. The molecule has 122 valence electrons. The molecule has 1 saturated heterocycles. The third-order valence-electron chi connectivity index (χ3n) is 3.08. The Kier molecular flexibility index (Phi) is 5.75. The van der Waals surface area contributed by atoms with Gasteiger partial charge in [0.1, 0.15) is 0 Å². The van der Waals surface area contributed by atoms with Crippen molar-refractivity contribution in [2.24, 2.45) is 0 Å². The average Bonchev–Trinajstić information content (AvgIpc) is 2.53. The maximum atomic E-state index is 12.5. The minimum Gasteiger partial charge on any atom is -0.396 e. The maximum absolute atomic E-state index is 12.5. The molecule has 0 aliphatic carbocycles. The maximum Gasteiger partial charge on any atom is 0.284 e. The van der Waals surface area contributed by atoms with E-state index in [2.05, 4.69) is 0 Å². The first-order valence-corrected chi connectivity index (χ1v) is 8.99. The minimum absolute atomic E-state index is 0.102. The van der Waals surface area contributed by atoms with Gasteiger partial charge < -0.3 is 9.84 Å². The molecule has 10 heteroatoms. The summed E-state index contributed by atoms with van der Waals surface area (Å²) in [6.45, 7) is 0.974. The second-order valence-corrected chi connectivity index (χ2v) is 7.55. The van der Waals surface area contributed by atoms with E-state index >= 15 is 0 Å². The van der Waals surface area contributed by atoms with Crippen LogP contribution in [0.1, 0.15) is 0 Å². The van der Waals surface area contributed by atoms with Crippen LogP contribution in [0.2, 0.25) is 0 Å². The van der Waals surface area contributed by atoms with Gasteiger partial charge in [0.05, 0.1) is 34.5 Å². The lowest BCUT2D eigenvalue weighted by Gasteiger charge is -2.26. The van der Waals surface area contributed by atoms with E-state index in [0.717, 1.165) is 17.8 Å². The highest BCUT2D eigenvalue weighted by Gasteiger charge is 2.28. The van der Waals surface area contributed by atoms with Gasteiger partial charge in [-0.3, -0.25) is 10.1 Å². The summed E-state index contributed by atoms with van der Waals surface area (Å²) in [6.07, 6.45) is 0. The predicted octanol–water partition coefficient (Wildman–Crippen LogP) is 0.700.